The molecule has 0 fully saturated rings. The monoisotopic (exact) mass is 397 g/mol. The third kappa shape index (κ3) is 4.50. The molecule has 1 aliphatic heterocycles. The minimum Gasteiger partial charge on any atom is -0.337 e. The zero-order valence-corrected chi connectivity index (χ0v) is 17.6. The number of likely N-dealkylation sites (N-methyl/N-ethyl adjacent to an activating group) is 1. The topological polar surface area (TPSA) is 35.9 Å². The number of amides is 1. The number of carbonyl (C=O) groups is 1. The van der Waals surface area contributed by atoms with Crippen LogP contribution in [0.1, 0.15) is 27.0 Å². The van der Waals surface area contributed by atoms with Gasteiger partial charge in [-0.3, -0.25) is 4.79 Å². The molecule has 4 rings (SSSR count). The van der Waals surface area contributed by atoms with E-state index in [0.717, 1.165) is 59.7 Å². The van der Waals surface area contributed by atoms with Crippen LogP contribution >= 0.6 is 0 Å². The first-order chi connectivity index (χ1) is 14.6. The molecule has 0 atom stereocenters. The molecule has 0 unspecified atom stereocenters. The van der Waals surface area contributed by atoms with Crippen molar-refractivity contribution in [2.75, 3.05) is 33.7 Å². The maximum atomic E-state index is 12.9. The lowest BCUT2D eigenvalue weighted by atomic mass is 9.97. The van der Waals surface area contributed by atoms with Gasteiger partial charge in [0.1, 0.15) is 0 Å². The molecule has 0 N–H and O–H groups in total. The Morgan fingerprint density at radius 1 is 0.933 bits per heavy atom. The number of hydrogen-bond donors (Lipinski definition) is 0. The molecule has 0 radical (unpaired) electrons. The van der Waals surface area contributed by atoms with Crippen molar-refractivity contribution in [2.24, 2.45) is 4.99 Å². The molecule has 0 spiro atoms. The van der Waals surface area contributed by atoms with Gasteiger partial charge in [0, 0.05) is 36.3 Å². The number of nitrogens with zero attached hydrogens (tertiary/aromatic N) is 3. The van der Waals surface area contributed by atoms with E-state index in [9.17, 15) is 4.79 Å². The van der Waals surface area contributed by atoms with Gasteiger partial charge in [0.2, 0.25) is 0 Å². The van der Waals surface area contributed by atoms with E-state index in [1.54, 1.807) is 0 Å². The van der Waals surface area contributed by atoms with Gasteiger partial charge in [-0.2, -0.15) is 0 Å². The van der Waals surface area contributed by atoms with Gasteiger partial charge in [-0.1, -0.05) is 60.7 Å². The molecule has 4 heteroatoms. The number of aliphatic imine (C=N–C) groups is 1. The minimum atomic E-state index is 0.125. The molecular formula is C26H27N3O. The maximum absolute atomic E-state index is 12.9. The van der Waals surface area contributed by atoms with Crippen LogP contribution < -0.4 is 0 Å². The Bertz CT molecular complexity index is 1000. The highest BCUT2D eigenvalue weighted by molar-refractivity contribution is 6.14. The molecule has 1 heterocycles. The first-order valence-electron chi connectivity index (χ1n) is 10.4. The second kappa shape index (κ2) is 9.06. The summed E-state index contributed by atoms with van der Waals surface area (Å²) in [4.78, 5) is 21.9. The predicted molar refractivity (Wildman–Crippen MR) is 123 cm³/mol. The summed E-state index contributed by atoms with van der Waals surface area (Å²) >= 11 is 0. The van der Waals surface area contributed by atoms with Gasteiger partial charge in [0.25, 0.3) is 5.91 Å². The zero-order chi connectivity index (χ0) is 20.9. The Labute approximate surface area is 178 Å². The van der Waals surface area contributed by atoms with E-state index >= 15 is 0 Å². The SMILES string of the molecule is CN(C)CCN1CCc2cc(N=C(c3ccccc3)c3ccccc3)ccc2C1=O. The number of fused-ring (bicyclic) bond motifs is 1. The standard InChI is InChI=1S/C26H27N3O/c1-28(2)17-18-29-16-15-22-19-23(13-14-24(22)26(29)30)27-25(20-9-5-3-6-10-20)21-11-7-4-8-12-21/h3-14,19H,15-18H2,1-2H3. The highest BCUT2D eigenvalue weighted by atomic mass is 16.2. The fraction of sp³-hybridized carbons (Fsp3) is 0.231. The molecule has 0 aromatic heterocycles. The summed E-state index contributed by atoms with van der Waals surface area (Å²) in [6, 6.07) is 26.4. The maximum Gasteiger partial charge on any atom is 0.254 e. The molecule has 0 aliphatic carbocycles. The molecular weight excluding hydrogens is 370 g/mol. The van der Waals surface area contributed by atoms with Gasteiger partial charge < -0.3 is 9.80 Å². The predicted octanol–water partition coefficient (Wildman–Crippen LogP) is 4.42. The summed E-state index contributed by atoms with van der Waals surface area (Å²) in [5, 5.41) is 0. The van der Waals surface area contributed by atoms with Crippen molar-refractivity contribution in [1.29, 1.82) is 0 Å². The number of rotatable bonds is 6. The summed E-state index contributed by atoms with van der Waals surface area (Å²) in [5.41, 5.74) is 5.86. The van der Waals surface area contributed by atoms with Gasteiger partial charge in [0.15, 0.2) is 0 Å². The van der Waals surface area contributed by atoms with Gasteiger partial charge in [-0.05, 0) is 44.3 Å². The largest absolute Gasteiger partial charge is 0.337 e. The average molecular weight is 398 g/mol. The van der Waals surface area contributed by atoms with Crippen LogP contribution in [0, 0.1) is 0 Å². The van der Waals surface area contributed by atoms with E-state index in [1.807, 2.05) is 67.5 Å². The van der Waals surface area contributed by atoms with E-state index in [4.69, 9.17) is 4.99 Å². The molecule has 3 aromatic carbocycles. The van der Waals surface area contributed by atoms with Gasteiger partial charge in [0.05, 0.1) is 11.4 Å². The Balaban J connectivity index is 1.66. The third-order valence-electron chi connectivity index (χ3n) is 5.41. The summed E-state index contributed by atoms with van der Waals surface area (Å²) in [6.07, 6.45) is 0.865. The van der Waals surface area contributed by atoms with Crippen LogP contribution in [-0.4, -0.2) is 55.1 Å². The minimum absolute atomic E-state index is 0.125. The summed E-state index contributed by atoms with van der Waals surface area (Å²) in [7, 11) is 4.06. The summed E-state index contributed by atoms with van der Waals surface area (Å²) < 4.78 is 0. The number of benzene rings is 3. The van der Waals surface area contributed by atoms with E-state index in [2.05, 4.69) is 35.2 Å². The molecule has 0 saturated heterocycles. The first-order valence-corrected chi connectivity index (χ1v) is 10.4. The highest BCUT2D eigenvalue weighted by Gasteiger charge is 2.24. The van der Waals surface area contributed by atoms with Gasteiger partial charge >= 0.3 is 0 Å². The van der Waals surface area contributed by atoms with E-state index < -0.39 is 0 Å². The van der Waals surface area contributed by atoms with Gasteiger partial charge in [-0.15, -0.1) is 0 Å². The first kappa shape index (κ1) is 20.0. The summed E-state index contributed by atoms with van der Waals surface area (Å²) in [6.45, 7) is 2.40. The molecule has 0 bridgehead atoms. The normalized spacial score (nSPS) is 13.3. The molecule has 1 amide bonds. The Morgan fingerprint density at radius 3 is 2.17 bits per heavy atom. The van der Waals surface area contributed by atoms with Crippen LogP contribution in [0.2, 0.25) is 0 Å². The van der Waals surface area contributed by atoms with Gasteiger partial charge in [-0.25, -0.2) is 4.99 Å². The molecule has 0 saturated carbocycles. The van der Waals surface area contributed by atoms with Crippen molar-refractivity contribution in [2.45, 2.75) is 6.42 Å². The fourth-order valence-electron chi connectivity index (χ4n) is 3.74. The average Bonchev–Trinajstić information content (AvgIpc) is 2.78. The van der Waals surface area contributed by atoms with Crippen molar-refractivity contribution in [1.82, 2.24) is 9.80 Å². The molecule has 3 aromatic rings. The number of carbonyl (C=O) groups excluding carboxylic acids is 1. The lowest BCUT2D eigenvalue weighted by Gasteiger charge is -2.29. The smallest absolute Gasteiger partial charge is 0.254 e. The van der Waals surface area contributed by atoms with Crippen LogP contribution in [0.4, 0.5) is 5.69 Å². The zero-order valence-electron chi connectivity index (χ0n) is 17.6. The fourth-order valence-corrected chi connectivity index (χ4v) is 3.74. The second-order valence-electron chi connectivity index (χ2n) is 7.88. The lowest BCUT2D eigenvalue weighted by molar-refractivity contribution is 0.0729. The molecule has 30 heavy (non-hydrogen) atoms. The molecule has 1 aliphatic rings. The van der Waals surface area contributed by atoms with Crippen molar-refractivity contribution < 1.29 is 4.79 Å². The van der Waals surface area contributed by atoms with Crippen molar-refractivity contribution in [3.8, 4) is 0 Å². The van der Waals surface area contributed by atoms with Crippen molar-refractivity contribution in [3.63, 3.8) is 0 Å². The van der Waals surface area contributed by atoms with Crippen LogP contribution in [0.5, 0.6) is 0 Å². The summed E-state index contributed by atoms with van der Waals surface area (Å²) in [5.74, 6) is 0.125. The van der Waals surface area contributed by atoms with Crippen LogP contribution in [0.15, 0.2) is 83.9 Å². The van der Waals surface area contributed by atoms with E-state index in [-0.39, 0.29) is 5.91 Å². The van der Waals surface area contributed by atoms with Crippen molar-refractivity contribution >= 4 is 17.3 Å². The molecule has 152 valence electrons. The Hall–Kier alpha value is -3.24. The highest BCUT2D eigenvalue weighted by Crippen LogP contribution is 2.26. The van der Waals surface area contributed by atoms with Crippen molar-refractivity contribution in [3.05, 3.63) is 101 Å². The van der Waals surface area contributed by atoms with Crippen LogP contribution in [0.3, 0.4) is 0 Å². The number of hydrogen-bond acceptors (Lipinski definition) is 3. The van der Waals surface area contributed by atoms with E-state index in [0.29, 0.717) is 0 Å². The van der Waals surface area contributed by atoms with E-state index in [1.165, 1.54) is 0 Å². The third-order valence-corrected chi connectivity index (χ3v) is 5.41. The quantitative estimate of drug-likeness (QED) is 0.578. The van der Waals surface area contributed by atoms with Crippen LogP contribution in [-0.2, 0) is 6.42 Å². The molecule has 4 nitrogen and oxygen atoms in total. The van der Waals surface area contributed by atoms with Crippen LogP contribution in [0.25, 0.3) is 0 Å². The Kier molecular flexibility index (Phi) is 6.05. The Morgan fingerprint density at radius 2 is 1.57 bits per heavy atom. The second-order valence-corrected chi connectivity index (χ2v) is 7.88. The lowest BCUT2D eigenvalue weighted by Crippen LogP contribution is -2.41.